The van der Waals surface area contributed by atoms with Crippen molar-refractivity contribution in [2.45, 2.75) is 0 Å². The molecule has 1 aromatic heterocycles. The molecule has 144 valence electrons. The number of aliphatic imine (C=N–C) groups is 1. The van der Waals surface area contributed by atoms with Crippen molar-refractivity contribution in [2.75, 3.05) is 24.1 Å². The first-order chi connectivity index (χ1) is 13.0. The summed E-state index contributed by atoms with van der Waals surface area (Å²) in [6, 6.07) is 8.69. The minimum absolute atomic E-state index is 0. The highest BCUT2D eigenvalue weighted by Crippen LogP contribution is 2.43. The Kier molecular flexibility index (Phi) is 5.26. The van der Waals surface area contributed by atoms with E-state index < -0.39 is 0 Å². The van der Waals surface area contributed by atoms with Gasteiger partial charge in [-0.25, -0.2) is 0 Å². The molecule has 9 heteroatoms. The molecule has 1 aliphatic carbocycles. The number of rotatable bonds is 4. The zero-order chi connectivity index (χ0) is 19.1. The second kappa shape index (κ2) is 7.49. The van der Waals surface area contributed by atoms with Crippen LogP contribution in [-0.2, 0) is 0 Å². The van der Waals surface area contributed by atoms with Crippen LogP contribution in [0.25, 0.3) is 10.1 Å². The van der Waals surface area contributed by atoms with Crippen molar-refractivity contribution >= 4 is 62.7 Å². The lowest BCUT2D eigenvalue weighted by molar-refractivity contribution is 0.0980. The minimum Gasteiger partial charge on any atom is -0.397 e. The summed E-state index contributed by atoms with van der Waals surface area (Å²) in [5.41, 5.74) is 19.3. The molecule has 1 aliphatic rings. The Bertz CT molecular complexity index is 1130. The Morgan fingerprint density at radius 2 is 1.68 bits per heavy atom. The summed E-state index contributed by atoms with van der Waals surface area (Å²) in [5, 5.41) is 5.92. The van der Waals surface area contributed by atoms with Crippen LogP contribution in [-0.4, -0.2) is 30.6 Å². The maximum atomic E-state index is 13.2. The zero-order valence-electron chi connectivity index (χ0n) is 14.7. The van der Waals surface area contributed by atoms with Crippen molar-refractivity contribution in [1.29, 1.82) is 0 Å². The number of carbonyl (C=O) groups excluding carboxylic acids is 2. The molecule has 28 heavy (non-hydrogen) atoms. The molecule has 0 unspecified atom stereocenters. The van der Waals surface area contributed by atoms with Crippen LogP contribution in [0.2, 0.25) is 0 Å². The largest absolute Gasteiger partial charge is 0.397 e. The van der Waals surface area contributed by atoms with Gasteiger partial charge in [0, 0.05) is 23.1 Å². The molecular weight excluding hydrogens is 398 g/mol. The van der Waals surface area contributed by atoms with Gasteiger partial charge >= 0.3 is 0 Å². The lowest BCUT2D eigenvalue weighted by atomic mass is 9.81. The Labute approximate surface area is 171 Å². The first-order valence-electron chi connectivity index (χ1n) is 8.31. The van der Waals surface area contributed by atoms with Crippen LogP contribution >= 0.6 is 23.7 Å². The molecule has 0 saturated carbocycles. The van der Waals surface area contributed by atoms with Crippen LogP contribution in [0.5, 0.6) is 0 Å². The number of guanidine groups is 1. The number of fused-ring (bicyclic) bond motifs is 3. The van der Waals surface area contributed by atoms with Crippen molar-refractivity contribution < 1.29 is 9.59 Å². The third-order valence-corrected chi connectivity index (χ3v) is 5.47. The van der Waals surface area contributed by atoms with E-state index in [0.717, 1.165) is 10.1 Å². The summed E-state index contributed by atoms with van der Waals surface area (Å²) in [5.74, 6) is -0.457. The molecule has 3 aromatic rings. The number of ketones is 2. The van der Waals surface area contributed by atoms with Crippen molar-refractivity contribution in [3.8, 4) is 0 Å². The molecule has 0 aliphatic heterocycles. The molecular formula is C19H18ClN5O2S. The van der Waals surface area contributed by atoms with Gasteiger partial charge in [0.2, 0.25) is 0 Å². The van der Waals surface area contributed by atoms with Gasteiger partial charge < -0.3 is 22.5 Å². The van der Waals surface area contributed by atoms with E-state index in [0.29, 0.717) is 41.2 Å². The van der Waals surface area contributed by atoms with Crippen molar-refractivity contribution in [1.82, 2.24) is 0 Å². The smallest absolute Gasteiger partial charge is 0.196 e. The molecule has 0 spiro atoms. The number of halogens is 1. The summed E-state index contributed by atoms with van der Waals surface area (Å²) in [4.78, 5) is 30.3. The van der Waals surface area contributed by atoms with Crippen molar-refractivity contribution in [3.63, 3.8) is 0 Å². The highest BCUT2D eigenvalue weighted by atomic mass is 35.5. The van der Waals surface area contributed by atoms with Gasteiger partial charge in [0.05, 0.1) is 33.7 Å². The van der Waals surface area contributed by atoms with Gasteiger partial charge in [-0.2, -0.15) is 0 Å². The molecule has 7 nitrogen and oxygen atoms in total. The van der Waals surface area contributed by atoms with Crippen LogP contribution < -0.4 is 22.5 Å². The normalized spacial score (nSPS) is 12.1. The highest BCUT2D eigenvalue weighted by Gasteiger charge is 2.35. The molecule has 0 radical (unpaired) electrons. The van der Waals surface area contributed by atoms with E-state index in [1.165, 1.54) is 11.3 Å². The van der Waals surface area contributed by atoms with Gasteiger partial charge in [0.15, 0.2) is 17.5 Å². The van der Waals surface area contributed by atoms with Gasteiger partial charge in [-0.05, 0) is 11.4 Å². The molecule has 0 atom stereocenters. The number of hydrogen-bond donors (Lipinski definition) is 4. The monoisotopic (exact) mass is 415 g/mol. The maximum absolute atomic E-state index is 13.2. The average Bonchev–Trinajstić information content (AvgIpc) is 3.14. The zero-order valence-corrected chi connectivity index (χ0v) is 16.3. The summed E-state index contributed by atoms with van der Waals surface area (Å²) in [6.07, 6.45) is 0. The number of nitrogen functional groups attached to an aromatic ring is 1. The molecule has 7 N–H and O–H groups in total. The van der Waals surface area contributed by atoms with E-state index in [2.05, 4.69) is 10.3 Å². The SMILES string of the molecule is Cl.NC(N)=NCCNc1c2c(c(N)c3sccc13)C(=O)c1ccccc1C2=O. The summed E-state index contributed by atoms with van der Waals surface area (Å²) < 4.78 is 0.777. The molecule has 0 amide bonds. The van der Waals surface area contributed by atoms with E-state index >= 15 is 0 Å². The summed E-state index contributed by atoms with van der Waals surface area (Å²) >= 11 is 1.43. The van der Waals surface area contributed by atoms with E-state index in [1.54, 1.807) is 24.3 Å². The van der Waals surface area contributed by atoms with Gasteiger partial charge in [-0.15, -0.1) is 23.7 Å². The lowest BCUT2D eigenvalue weighted by Crippen LogP contribution is -2.25. The number of anilines is 2. The number of hydrogen-bond acceptors (Lipinski definition) is 6. The average molecular weight is 416 g/mol. The molecule has 4 rings (SSSR count). The van der Waals surface area contributed by atoms with E-state index in [9.17, 15) is 9.59 Å². The van der Waals surface area contributed by atoms with Gasteiger partial charge in [0.1, 0.15) is 0 Å². The molecule has 2 aromatic carbocycles. The predicted octanol–water partition coefficient (Wildman–Crippen LogP) is 2.37. The van der Waals surface area contributed by atoms with Crippen LogP contribution in [0, 0.1) is 0 Å². The number of benzene rings is 2. The van der Waals surface area contributed by atoms with Crippen molar-refractivity contribution in [2.24, 2.45) is 16.5 Å². The maximum Gasteiger partial charge on any atom is 0.196 e. The Morgan fingerprint density at radius 1 is 1.04 bits per heavy atom. The first kappa shape index (κ1) is 19.7. The van der Waals surface area contributed by atoms with Gasteiger partial charge in [0.25, 0.3) is 0 Å². The third kappa shape index (κ3) is 2.96. The second-order valence-electron chi connectivity index (χ2n) is 6.14. The minimum atomic E-state index is -0.236. The number of carbonyl (C=O) groups is 2. The van der Waals surface area contributed by atoms with E-state index in [1.807, 2.05) is 11.4 Å². The number of nitrogens with one attached hydrogen (secondary N) is 1. The van der Waals surface area contributed by atoms with Crippen LogP contribution in [0.3, 0.4) is 0 Å². The fourth-order valence-corrected chi connectivity index (χ4v) is 4.25. The van der Waals surface area contributed by atoms with E-state index in [-0.39, 0.29) is 35.5 Å². The lowest BCUT2D eigenvalue weighted by Gasteiger charge is -2.23. The standard InChI is InChI=1S/C19H17N5O2S.ClH/c20-14-12-13(17(26)10-4-2-1-3-9(10)16(12)25)15(11-5-8-27-18(11)14)23-6-7-24-19(21)22;/h1-5,8,23H,6-7,20H2,(H4,21,22,24);1H. The number of thiophene rings is 1. The van der Waals surface area contributed by atoms with Gasteiger partial charge in [-0.3, -0.25) is 14.6 Å². The Morgan fingerprint density at radius 3 is 2.32 bits per heavy atom. The van der Waals surface area contributed by atoms with Gasteiger partial charge in [-0.1, -0.05) is 24.3 Å². The van der Waals surface area contributed by atoms with Crippen LogP contribution in [0.1, 0.15) is 31.8 Å². The van der Waals surface area contributed by atoms with Crippen LogP contribution in [0.15, 0.2) is 40.7 Å². The topological polar surface area (TPSA) is 137 Å². The highest BCUT2D eigenvalue weighted by molar-refractivity contribution is 7.18. The number of nitrogens with two attached hydrogens (primary N) is 3. The number of nitrogens with zero attached hydrogens (tertiary/aromatic N) is 1. The third-order valence-electron chi connectivity index (χ3n) is 4.53. The fraction of sp³-hybridized carbons (Fsp3) is 0.105. The Balaban J connectivity index is 0.00000225. The Hall–Kier alpha value is -3.10. The van der Waals surface area contributed by atoms with Crippen molar-refractivity contribution in [3.05, 3.63) is 58.0 Å². The van der Waals surface area contributed by atoms with E-state index in [4.69, 9.17) is 17.2 Å². The molecule has 1 heterocycles. The molecule has 0 saturated heterocycles. The summed E-state index contributed by atoms with van der Waals surface area (Å²) in [7, 11) is 0. The summed E-state index contributed by atoms with van der Waals surface area (Å²) in [6.45, 7) is 0.744. The quantitative estimate of drug-likeness (QED) is 0.133. The fourth-order valence-electron chi connectivity index (χ4n) is 3.38. The molecule has 0 fully saturated rings. The first-order valence-corrected chi connectivity index (χ1v) is 9.19. The predicted molar refractivity (Wildman–Crippen MR) is 116 cm³/mol. The molecule has 0 bridgehead atoms. The van der Waals surface area contributed by atoms with Crippen LogP contribution in [0.4, 0.5) is 11.4 Å². The second-order valence-corrected chi connectivity index (χ2v) is 7.06.